The first kappa shape index (κ1) is 17.9. The molecule has 0 aliphatic heterocycles. The molecular weight excluding hydrogens is 332 g/mol. The second-order valence-electron chi connectivity index (χ2n) is 6.53. The van der Waals surface area contributed by atoms with E-state index in [2.05, 4.69) is 21.5 Å². The molecule has 8 heteroatoms. The van der Waals surface area contributed by atoms with Gasteiger partial charge in [-0.1, -0.05) is 31.4 Å². The summed E-state index contributed by atoms with van der Waals surface area (Å²) >= 11 is 0. The Morgan fingerprint density at radius 3 is 2.85 bits per heavy atom. The lowest BCUT2D eigenvalue weighted by molar-refractivity contribution is -0.136. The summed E-state index contributed by atoms with van der Waals surface area (Å²) in [6, 6.07) is 9.68. The molecule has 1 fully saturated rings. The van der Waals surface area contributed by atoms with Gasteiger partial charge in [-0.05, 0) is 30.2 Å². The van der Waals surface area contributed by atoms with Crippen LogP contribution >= 0.6 is 0 Å². The van der Waals surface area contributed by atoms with Crippen molar-refractivity contribution in [3.8, 4) is 23.2 Å². The number of hydrogen-bond acceptors (Lipinski definition) is 6. The van der Waals surface area contributed by atoms with Gasteiger partial charge in [-0.2, -0.15) is 10.1 Å². The lowest BCUT2D eigenvalue weighted by atomic mass is 9.81. The molecule has 1 aromatic heterocycles. The number of rotatable bonds is 5. The summed E-state index contributed by atoms with van der Waals surface area (Å²) in [5.41, 5.74) is 0.0446. The SMILES string of the molecule is COc1cccc(-c2nnn(CC(=O)N(C)C3(C#N)CCCCC3)n2)c1. The highest BCUT2D eigenvalue weighted by atomic mass is 16.5. The molecule has 0 unspecified atom stereocenters. The Hall–Kier alpha value is -2.95. The van der Waals surface area contributed by atoms with Crippen LogP contribution in [0.2, 0.25) is 0 Å². The summed E-state index contributed by atoms with van der Waals surface area (Å²) in [5.74, 6) is 0.929. The number of ether oxygens (including phenoxy) is 1. The number of hydrogen-bond donors (Lipinski definition) is 0. The van der Waals surface area contributed by atoms with E-state index < -0.39 is 5.54 Å². The average molecular weight is 354 g/mol. The van der Waals surface area contributed by atoms with E-state index in [1.54, 1.807) is 19.1 Å². The Balaban J connectivity index is 1.72. The van der Waals surface area contributed by atoms with E-state index >= 15 is 0 Å². The highest BCUT2D eigenvalue weighted by Gasteiger charge is 2.38. The third-order valence-corrected chi connectivity index (χ3v) is 4.96. The van der Waals surface area contributed by atoms with Crippen LogP contribution in [-0.2, 0) is 11.3 Å². The van der Waals surface area contributed by atoms with Crippen LogP contribution in [0, 0.1) is 11.3 Å². The molecule has 0 saturated heterocycles. The van der Waals surface area contributed by atoms with Gasteiger partial charge in [-0.3, -0.25) is 4.79 Å². The molecule has 1 aliphatic rings. The first-order valence-electron chi connectivity index (χ1n) is 8.68. The molecule has 0 bridgehead atoms. The first-order valence-corrected chi connectivity index (χ1v) is 8.68. The summed E-state index contributed by atoms with van der Waals surface area (Å²) in [6.45, 7) is -0.0447. The molecule has 1 amide bonds. The predicted molar refractivity (Wildman–Crippen MR) is 94.0 cm³/mol. The Kier molecular flexibility index (Phi) is 5.16. The topological polar surface area (TPSA) is 96.9 Å². The van der Waals surface area contributed by atoms with Gasteiger partial charge in [0.1, 0.15) is 17.8 Å². The van der Waals surface area contributed by atoms with E-state index in [1.165, 1.54) is 4.80 Å². The number of carbonyl (C=O) groups is 1. The molecule has 0 spiro atoms. The minimum atomic E-state index is -0.717. The van der Waals surface area contributed by atoms with Crippen molar-refractivity contribution in [1.82, 2.24) is 25.1 Å². The maximum absolute atomic E-state index is 12.6. The van der Waals surface area contributed by atoms with Crippen molar-refractivity contribution in [2.24, 2.45) is 0 Å². The lowest BCUT2D eigenvalue weighted by Gasteiger charge is -2.38. The van der Waals surface area contributed by atoms with Gasteiger partial charge in [0.25, 0.3) is 0 Å². The zero-order chi connectivity index (χ0) is 18.6. The van der Waals surface area contributed by atoms with E-state index in [0.29, 0.717) is 24.4 Å². The predicted octanol–water partition coefficient (Wildman–Crippen LogP) is 2.03. The zero-order valence-electron chi connectivity index (χ0n) is 15.1. The summed E-state index contributed by atoms with van der Waals surface area (Å²) in [7, 11) is 3.28. The van der Waals surface area contributed by atoms with Gasteiger partial charge < -0.3 is 9.64 Å². The van der Waals surface area contributed by atoms with E-state index in [9.17, 15) is 10.1 Å². The molecule has 0 atom stereocenters. The summed E-state index contributed by atoms with van der Waals surface area (Å²) in [5, 5.41) is 21.9. The van der Waals surface area contributed by atoms with Crippen LogP contribution in [0.4, 0.5) is 0 Å². The number of nitriles is 1. The molecular formula is C18H22N6O2. The van der Waals surface area contributed by atoms with Gasteiger partial charge in [-0.25, -0.2) is 0 Å². The molecule has 1 aromatic carbocycles. The van der Waals surface area contributed by atoms with E-state index in [-0.39, 0.29) is 12.5 Å². The Bertz CT molecular complexity index is 819. The fourth-order valence-corrected chi connectivity index (χ4v) is 3.31. The Morgan fingerprint density at radius 1 is 1.38 bits per heavy atom. The van der Waals surface area contributed by atoms with Gasteiger partial charge in [-0.15, -0.1) is 10.2 Å². The molecule has 0 radical (unpaired) electrons. The maximum atomic E-state index is 12.6. The molecule has 0 N–H and O–H groups in total. The quantitative estimate of drug-likeness (QED) is 0.815. The average Bonchev–Trinajstić information content (AvgIpc) is 3.16. The minimum absolute atomic E-state index is 0.0447. The molecule has 26 heavy (non-hydrogen) atoms. The summed E-state index contributed by atoms with van der Waals surface area (Å²) in [6.07, 6.45) is 4.47. The summed E-state index contributed by atoms with van der Waals surface area (Å²) in [4.78, 5) is 15.5. The van der Waals surface area contributed by atoms with Crippen LogP contribution < -0.4 is 4.74 Å². The van der Waals surface area contributed by atoms with Crippen molar-refractivity contribution in [2.45, 2.75) is 44.2 Å². The molecule has 1 saturated carbocycles. The largest absolute Gasteiger partial charge is 0.497 e. The smallest absolute Gasteiger partial charge is 0.247 e. The number of nitrogens with zero attached hydrogens (tertiary/aromatic N) is 6. The van der Waals surface area contributed by atoms with Crippen molar-refractivity contribution in [2.75, 3.05) is 14.2 Å². The van der Waals surface area contributed by atoms with Crippen molar-refractivity contribution < 1.29 is 9.53 Å². The lowest BCUT2D eigenvalue weighted by Crippen LogP contribution is -2.50. The molecule has 2 aromatic rings. The van der Waals surface area contributed by atoms with Crippen molar-refractivity contribution in [3.63, 3.8) is 0 Å². The van der Waals surface area contributed by atoms with Crippen molar-refractivity contribution >= 4 is 5.91 Å². The number of likely N-dealkylation sites (N-methyl/N-ethyl adjacent to an activating group) is 1. The Morgan fingerprint density at radius 2 is 2.15 bits per heavy atom. The van der Waals surface area contributed by atoms with Gasteiger partial charge in [0.15, 0.2) is 0 Å². The molecule has 1 aliphatic carbocycles. The minimum Gasteiger partial charge on any atom is -0.497 e. The van der Waals surface area contributed by atoms with Crippen LogP contribution in [0.1, 0.15) is 32.1 Å². The van der Waals surface area contributed by atoms with E-state index in [0.717, 1.165) is 24.8 Å². The molecule has 8 nitrogen and oxygen atoms in total. The fourth-order valence-electron chi connectivity index (χ4n) is 3.31. The van der Waals surface area contributed by atoms with Crippen molar-refractivity contribution in [1.29, 1.82) is 5.26 Å². The number of tetrazole rings is 1. The van der Waals surface area contributed by atoms with Gasteiger partial charge >= 0.3 is 0 Å². The number of aromatic nitrogens is 4. The van der Waals surface area contributed by atoms with Crippen molar-refractivity contribution in [3.05, 3.63) is 24.3 Å². The third kappa shape index (κ3) is 3.52. The second kappa shape index (κ2) is 7.52. The number of carbonyl (C=O) groups excluding carboxylic acids is 1. The number of methoxy groups -OCH3 is 1. The van der Waals surface area contributed by atoms with Gasteiger partial charge in [0.2, 0.25) is 11.7 Å². The molecule has 1 heterocycles. The van der Waals surface area contributed by atoms with E-state index in [4.69, 9.17) is 4.74 Å². The van der Waals surface area contributed by atoms with Crippen LogP contribution in [-0.4, -0.2) is 50.7 Å². The van der Waals surface area contributed by atoms with Crippen LogP contribution in [0.5, 0.6) is 5.75 Å². The summed E-state index contributed by atoms with van der Waals surface area (Å²) < 4.78 is 5.20. The normalized spacial score (nSPS) is 15.9. The van der Waals surface area contributed by atoms with Crippen LogP contribution in [0.15, 0.2) is 24.3 Å². The number of benzene rings is 1. The standard InChI is InChI=1S/C18H22N6O2/c1-23(18(13-19)9-4-3-5-10-18)16(25)12-24-21-17(20-22-24)14-7-6-8-15(11-14)26-2/h6-8,11H,3-5,9-10,12H2,1-2H3. The molecule has 3 rings (SSSR count). The monoisotopic (exact) mass is 354 g/mol. The van der Waals surface area contributed by atoms with Crippen LogP contribution in [0.3, 0.4) is 0 Å². The highest BCUT2D eigenvalue weighted by Crippen LogP contribution is 2.32. The highest BCUT2D eigenvalue weighted by molar-refractivity contribution is 5.77. The third-order valence-electron chi connectivity index (χ3n) is 4.96. The molecule has 136 valence electrons. The van der Waals surface area contributed by atoms with Crippen LogP contribution in [0.25, 0.3) is 11.4 Å². The van der Waals surface area contributed by atoms with Gasteiger partial charge in [0.05, 0.1) is 13.2 Å². The number of amides is 1. The van der Waals surface area contributed by atoms with E-state index in [1.807, 2.05) is 24.3 Å². The Labute approximate surface area is 152 Å². The fraction of sp³-hybridized carbons (Fsp3) is 0.500. The zero-order valence-corrected chi connectivity index (χ0v) is 15.1. The first-order chi connectivity index (χ1) is 12.6. The maximum Gasteiger partial charge on any atom is 0.247 e. The second-order valence-corrected chi connectivity index (χ2v) is 6.53. The van der Waals surface area contributed by atoms with Gasteiger partial charge in [0, 0.05) is 12.6 Å².